The third kappa shape index (κ3) is 2.63. The first-order chi connectivity index (χ1) is 6.69. The van der Waals surface area contributed by atoms with E-state index >= 15 is 0 Å². The van der Waals surface area contributed by atoms with E-state index in [4.69, 9.17) is 16.3 Å². The van der Waals surface area contributed by atoms with E-state index in [1.807, 2.05) is 12.1 Å². The van der Waals surface area contributed by atoms with E-state index in [1.165, 1.54) is 11.1 Å². The molecule has 0 aromatic heterocycles. The van der Waals surface area contributed by atoms with Gasteiger partial charge < -0.3 is 10.1 Å². The lowest BCUT2D eigenvalue weighted by Gasteiger charge is -2.10. The average Bonchev–Trinajstić information content (AvgIpc) is 2.18. The van der Waals surface area contributed by atoms with Gasteiger partial charge in [-0.2, -0.15) is 0 Å². The molecule has 0 radical (unpaired) electrons. The summed E-state index contributed by atoms with van der Waals surface area (Å²) in [5, 5.41) is 3.94. The number of aryl methyl sites for hydroxylation is 1. The van der Waals surface area contributed by atoms with Crippen LogP contribution in [0.3, 0.4) is 0 Å². The summed E-state index contributed by atoms with van der Waals surface area (Å²) in [6, 6.07) is 3.92. The summed E-state index contributed by atoms with van der Waals surface area (Å²) in [5.41, 5.74) is 2.42. The van der Waals surface area contributed by atoms with Crippen LogP contribution in [0.4, 0.5) is 0 Å². The number of benzene rings is 1. The standard InChI is InChI=1S/C11H16ClNO/c1-4-13-7-9-6-10(12)11(14-3)5-8(9)2/h5-6,13H,4,7H2,1-3H3. The van der Waals surface area contributed by atoms with E-state index in [9.17, 15) is 0 Å². The van der Waals surface area contributed by atoms with Gasteiger partial charge in [0.1, 0.15) is 5.75 Å². The van der Waals surface area contributed by atoms with Crippen molar-refractivity contribution >= 4 is 11.6 Å². The van der Waals surface area contributed by atoms with Gasteiger partial charge in [0.05, 0.1) is 12.1 Å². The second kappa shape index (κ2) is 5.23. The van der Waals surface area contributed by atoms with Crippen LogP contribution in [0, 0.1) is 6.92 Å². The first-order valence-corrected chi connectivity index (χ1v) is 5.10. The largest absolute Gasteiger partial charge is 0.495 e. The second-order valence-corrected chi connectivity index (χ2v) is 3.60. The van der Waals surface area contributed by atoms with Gasteiger partial charge in [-0.25, -0.2) is 0 Å². The van der Waals surface area contributed by atoms with E-state index in [2.05, 4.69) is 19.2 Å². The van der Waals surface area contributed by atoms with Crippen molar-refractivity contribution in [2.75, 3.05) is 13.7 Å². The van der Waals surface area contributed by atoms with E-state index in [0.29, 0.717) is 5.02 Å². The molecule has 0 atom stereocenters. The summed E-state index contributed by atoms with van der Waals surface area (Å²) in [6.45, 7) is 5.96. The number of halogens is 1. The van der Waals surface area contributed by atoms with Gasteiger partial charge in [-0.05, 0) is 36.7 Å². The molecule has 0 aliphatic rings. The molecule has 1 aromatic rings. The molecule has 0 aliphatic carbocycles. The zero-order chi connectivity index (χ0) is 10.6. The normalized spacial score (nSPS) is 10.3. The molecular formula is C11H16ClNO. The summed E-state index contributed by atoms with van der Waals surface area (Å²) in [4.78, 5) is 0. The molecule has 1 N–H and O–H groups in total. The molecule has 0 spiro atoms. The highest BCUT2D eigenvalue weighted by Crippen LogP contribution is 2.27. The molecule has 2 nitrogen and oxygen atoms in total. The molecule has 14 heavy (non-hydrogen) atoms. The molecule has 1 rings (SSSR count). The van der Waals surface area contributed by atoms with Crippen molar-refractivity contribution in [3.05, 3.63) is 28.3 Å². The Morgan fingerprint density at radius 3 is 2.71 bits per heavy atom. The third-order valence-corrected chi connectivity index (χ3v) is 2.47. The van der Waals surface area contributed by atoms with Gasteiger partial charge in [-0.15, -0.1) is 0 Å². The highest BCUT2D eigenvalue weighted by atomic mass is 35.5. The minimum atomic E-state index is 0.672. The number of hydrogen-bond acceptors (Lipinski definition) is 2. The molecule has 0 aliphatic heterocycles. The summed E-state index contributed by atoms with van der Waals surface area (Å²) >= 11 is 6.03. The first-order valence-electron chi connectivity index (χ1n) is 4.72. The average molecular weight is 214 g/mol. The van der Waals surface area contributed by atoms with Crippen LogP contribution in [-0.2, 0) is 6.54 Å². The Labute approximate surface area is 90.2 Å². The fraction of sp³-hybridized carbons (Fsp3) is 0.455. The lowest BCUT2D eigenvalue weighted by Crippen LogP contribution is -2.12. The van der Waals surface area contributed by atoms with Crippen molar-refractivity contribution in [1.29, 1.82) is 0 Å². The van der Waals surface area contributed by atoms with Gasteiger partial charge in [-0.1, -0.05) is 18.5 Å². The van der Waals surface area contributed by atoms with Crippen molar-refractivity contribution in [3.63, 3.8) is 0 Å². The van der Waals surface area contributed by atoms with E-state index in [1.54, 1.807) is 7.11 Å². The van der Waals surface area contributed by atoms with Crippen LogP contribution in [0.2, 0.25) is 5.02 Å². The van der Waals surface area contributed by atoms with Crippen LogP contribution < -0.4 is 10.1 Å². The molecule has 0 unspecified atom stereocenters. The predicted molar refractivity (Wildman–Crippen MR) is 60.1 cm³/mol. The molecule has 0 saturated carbocycles. The number of ether oxygens (including phenoxy) is 1. The lowest BCUT2D eigenvalue weighted by molar-refractivity contribution is 0.414. The maximum absolute atomic E-state index is 6.03. The zero-order valence-corrected chi connectivity index (χ0v) is 9.61. The Morgan fingerprint density at radius 2 is 2.14 bits per heavy atom. The zero-order valence-electron chi connectivity index (χ0n) is 8.86. The smallest absolute Gasteiger partial charge is 0.137 e. The van der Waals surface area contributed by atoms with Crippen molar-refractivity contribution in [3.8, 4) is 5.75 Å². The summed E-state index contributed by atoms with van der Waals surface area (Å²) in [7, 11) is 1.63. The van der Waals surface area contributed by atoms with Crippen LogP contribution in [0.1, 0.15) is 18.1 Å². The first kappa shape index (κ1) is 11.3. The minimum absolute atomic E-state index is 0.672. The van der Waals surface area contributed by atoms with Gasteiger partial charge in [0.2, 0.25) is 0 Å². The van der Waals surface area contributed by atoms with Crippen molar-refractivity contribution < 1.29 is 4.74 Å². The van der Waals surface area contributed by atoms with Crippen molar-refractivity contribution in [2.24, 2.45) is 0 Å². The SMILES string of the molecule is CCNCc1cc(Cl)c(OC)cc1C. The quantitative estimate of drug-likeness (QED) is 0.831. The van der Waals surface area contributed by atoms with Gasteiger partial charge in [-0.3, -0.25) is 0 Å². The molecule has 0 saturated heterocycles. The van der Waals surface area contributed by atoms with E-state index < -0.39 is 0 Å². The maximum Gasteiger partial charge on any atom is 0.137 e. The van der Waals surface area contributed by atoms with Crippen LogP contribution in [0.5, 0.6) is 5.75 Å². The monoisotopic (exact) mass is 213 g/mol. The van der Waals surface area contributed by atoms with Crippen molar-refractivity contribution in [1.82, 2.24) is 5.32 Å². The molecule has 0 amide bonds. The Balaban J connectivity index is 2.90. The molecule has 1 aromatic carbocycles. The summed E-state index contributed by atoms with van der Waals surface area (Å²) in [6.07, 6.45) is 0. The molecule has 0 fully saturated rings. The molecule has 0 bridgehead atoms. The van der Waals surface area contributed by atoms with Crippen LogP contribution in [-0.4, -0.2) is 13.7 Å². The highest BCUT2D eigenvalue weighted by molar-refractivity contribution is 6.32. The van der Waals surface area contributed by atoms with Gasteiger partial charge >= 0.3 is 0 Å². The number of methoxy groups -OCH3 is 1. The Morgan fingerprint density at radius 1 is 1.43 bits per heavy atom. The second-order valence-electron chi connectivity index (χ2n) is 3.19. The lowest BCUT2D eigenvalue weighted by atomic mass is 10.1. The Kier molecular flexibility index (Phi) is 4.23. The highest BCUT2D eigenvalue weighted by Gasteiger charge is 2.05. The molecular weight excluding hydrogens is 198 g/mol. The number of nitrogens with one attached hydrogen (secondary N) is 1. The van der Waals surface area contributed by atoms with Crippen LogP contribution in [0.25, 0.3) is 0 Å². The molecule has 78 valence electrons. The fourth-order valence-corrected chi connectivity index (χ4v) is 1.57. The van der Waals surface area contributed by atoms with Crippen LogP contribution in [0.15, 0.2) is 12.1 Å². The number of rotatable bonds is 4. The molecule has 0 heterocycles. The van der Waals surface area contributed by atoms with Crippen LogP contribution >= 0.6 is 11.6 Å². The van der Waals surface area contributed by atoms with Gasteiger partial charge in [0, 0.05) is 6.54 Å². The van der Waals surface area contributed by atoms with E-state index in [-0.39, 0.29) is 0 Å². The number of hydrogen-bond donors (Lipinski definition) is 1. The topological polar surface area (TPSA) is 21.3 Å². The minimum Gasteiger partial charge on any atom is -0.495 e. The Bertz CT molecular complexity index is 312. The Hall–Kier alpha value is -0.730. The summed E-state index contributed by atoms with van der Waals surface area (Å²) < 4.78 is 5.13. The summed E-state index contributed by atoms with van der Waals surface area (Å²) in [5.74, 6) is 0.740. The van der Waals surface area contributed by atoms with Gasteiger partial charge in [0.25, 0.3) is 0 Å². The van der Waals surface area contributed by atoms with Gasteiger partial charge in [0.15, 0.2) is 0 Å². The van der Waals surface area contributed by atoms with Crippen molar-refractivity contribution in [2.45, 2.75) is 20.4 Å². The molecule has 3 heteroatoms. The van der Waals surface area contributed by atoms with E-state index in [0.717, 1.165) is 18.8 Å². The third-order valence-electron chi connectivity index (χ3n) is 2.18. The fourth-order valence-electron chi connectivity index (χ4n) is 1.30. The predicted octanol–water partition coefficient (Wildman–Crippen LogP) is 2.77. The maximum atomic E-state index is 6.03.